The van der Waals surface area contributed by atoms with E-state index in [0.717, 1.165) is 31.0 Å². The van der Waals surface area contributed by atoms with Gasteiger partial charge in [0, 0.05) is 25.4 Å². The van der Waals surface area contributed by atoms with Crippen LogP contribution in [0.4, 0.5) is 0 Å². The zero-order valence-corrected chi connectivity index (χ0v) is 11.3. The van der Waals surface area contributed by atoms with Gasteiger partial charge in [-0.2, -0.15) is 0 Å². The minimum atomic E-state index is -3.07. The molecule has 0 spiro atoms. The first-order valence-electron chi connectivity index (χ1n) is 5.07. The maximum absolute atomic E-state index is 11.5. The Balaban J connectivity index is 3.92. The molecular formula is C11H20NO2PS. The Hall–Kier alpha value is -0.280. The molecule has 0 aliphatic carbocycles. The van der Waals surface area contributed by atoms with E-state index >= 15 is 0 Å². The Labute approximate surface area is 102 Å². The van der Waals surface area contributed by atoms with Gasteiger partial charge in [0.2, 0.25) is 0 Å². The van der Waals surface area contributed by atoms with Gasteiger partial charge in [0.1, 0.15) is 0 Å². The number of hydrogen-bond acceptors (Lipinski definition) is 3. The van der Waals surface area contributed by atoms with Crippen LogP contribution < -0.4 is 0 Å². The summed E-state index contributed by atoms with van der Waals surface area (Å²) < 4.78 is 11.5. The van der Waals surface area contributed by atoms with E-state index in [-0.39, 0.29) is 6.16 Å². The van der Waals surface area contributed by atoms with Gasteiger partial charge >= 0.3 is 0 Å². The monoisotopic (exact) mass is 261 g/mol. The molecular weight excluding hydrogens is 241 g/mol. The highest BCUT2D eigenvalue weighted by Crippen LogP contribution is 2.54. The third-order valence-corrected chi connectivity index (χ3v) is 5.53. The van der Waals surface area contributed by atoms with Gasteiger partial charge in [-0.15, -0.1) is 19.7 Å². The molecule has 0 saturated carbocycles. The van der Waals surface area contributed by atoms with E-state index in [1.165, 1.54) is 6.08 Å². The third-order valence-electron chi connectivity index (χ3n) is 1.83. The van der Waals surface area contributed by atoms with E-state index in [1.54, 1.807) is 0 Å². The van der Waals surface area contributed by atoms with Crippen LogP contribution in [0.25, 0.3) is 0 Å². The van der Waals surface area contributed by atoms with Crippen molar-refractivity contribution in [2.45, 2.75) is 0 Å². The molecule has 0 bridgehead atoms. The van der Waals surface area contributed by atoms with E-state index in [9.17, 15) is 9.46 Å². The van der Waals surface area contributed by atoms with Crippen molar-refractivity contribution in [1.82, 2.24) is 4.90 Å². The van der Waals surface area contributed by atoms with Gasteiger partial charge in [-0.05, 0) is 0 Å². The van der Waals surface area contributed by atoms with Gasteiger partial charge in [-0.1, -0.05) is 29.6 Å². The topological polar surface area (TPSA) is 40.5 Å². The fraction of sp³-hybridized carbons (Fsp3) is 0.455. The largest absolute Gasteiger partial charge is 0.337 e. The predicted molar refractivity (Wildman–Crippen MR) is 74.2 cm³/mol. The molecule has 0 saturated heterocycles. The summed E-state index contributed by atoms with van der Waals surface area (Å²) in [4.78, 5) is 11.6. The van der Waals surface area contributed by atoms with Crippen molar-refractivity contribution in [3.05, 3.63) is 38.0 Å². The lowest BCUT2D eigenvalue weighted by molar-refractivity contribution is 0.358. The molecule has 0 aromatic carbocycles. The second-order valence-corrected chi connectivity index (χ2v) is 8.07. The molecule has 0 aliphatic rings. The molecule has 1 atom stereocenters. The van der Waals surface area contributed by atoms with Crippen molar-refractivity contribution in [3.63, 3.8) is 0 Å². The van der Waals surface area contributed by atoms with E-state index in [4.69, 9.17) is 0 Å². The number of rotatable bonds is 10. The second-order valence-electron chi connectivity index (χ2n) is 3.28. The Morgan fingerprint density at radius 2 is 1.75 bits per heavy atom. The first-order valence-corrected chi connectivity index (χ1v) is 8.50. The molecule has 16 heavy (non-hydrogen) atoms. The predicted octanol–water partition coefficient (Wildman–Crippen LogP) is 2.77. The highest BCUT2D eigenvalue weighted by molar-refractivity contribution is 8.56. The molecule has 5 heteroatoms. The quantitative estimate of drug-likeness (QED) is 0.485. The molecule has 0 amide bonds. The lowest BCUT2D eigenvalue weighted by atomic mass is 10.4. The lowest BCUT2D eigenvalue weighted by Gasteiger charge is -2.18. The fourth-order valence-corrected chi connectivity index (χ4v) is 3.94. The summed E-state index contributed by atoms with van der Waals surface area (Å²) in [6.07, 6.45) is 5.28. The number of hydrogen-bond donors (Lipinski definition) is 1. The highest BCUT2D eigenvalue weighted by Gasteiger charge is 2.16. The van der Waals surface area contributed by atoms with Gasteiger partial charge in [0.25, 0.3) is 6.57 Å². The molecule has 0 aliphatic heterocycles. The minimum Gasteiger partial charge on any atom is -0.337 e. The van der Waals surface area contributed by atoms with Crippen LogP contribution in [0.1, 0.15) is 0 Å². The highest BCUT2D eigenvalue weighted by atomic mass is 32.7. The summed E-state index contributed by atoms with van der Waals surface area (Å²) >= 11 is 1.11. The minimum absolute atomic E-state index is 0.167. The van der Waals surface area contributed by atoms with Gasteiger partial charge in [-0.3, -0.25) is 9.46 Å². The van der Waals surface area contributed by atoms with Crippen LogP contribution in [0.3, 0.4) is 0 Å². The molecule has 3 nitrogen and oxygen atoms in total. The van der Waals surface area contributed by atoms with Crippen LogP contribution in [-0.2, 0) is 4.57 Å². The SMILES string of the molecule is C=CCN(CC=C)CCSP(=O)(O)CC=C. The van der Waals surface area contributed by atoms with E-state index in [0.29, 0.717) is 5.75 Å². The second kappa shape index (κ2) is 8.82. The Morgan fingerprint density at radius 3 is 2.19 bits per heavy atom. The van der Waals surface area contributed by atoms with Crippen molar-refractivity contribution in [1.29, 1.82) is 0 Å². The van der Waals surface area contributed by atoms with Crippen LogP contribution in [-0.4, -0.2) is 41.3 Å². The summed E-state index contributed by atoms with van der Waals surface area (Å²) in [7, 11) is 0. The first-order chi connectivity index (χ1) is 7.55. The summed E-state index contributed by atoms with van der Waals surface area (Å²) in [5.74, 6) is 0.628. The molecule has 92 valence electrons. The van der Waals surface area contributed by atoms with Crippen molar-refractivity contribution in [2.24, 2.45) is 0 Å². The third kappa shape index (κ3) is 7.94. The fourth-order valence-electron chi connectivity index (χ4n) is 1.15. The standard InChI is InChI=1S/C11H20NO2PS/c1-4-7-12(8-5-2)9-11-16-15(13,14)10-6-3/h4-6H,1-3,7-11H2,(H,13,14). The van der Waals surface area contributed by atoms with Crippen LogP contribution in [0.5, 0.6) is 0 Å². The van der Waals surface area contributed by atoms with Crippen molar-refractivity contribution >= 4 is 18.0 Å². The average molecular weight is 261 g/mol. The van der Waals surface area contributed by atoms with Crippen molar-refractivity contribution in [3.8, 4) is 0 Å². The Kier molecular flexibility index (Phi) is 8.67. The summed E-state index contributed by atoms with van der Waals surface area (Å²) in [6.45, 7) is 10.0. The molecule has 1 unspecified atom stereocenters. The summed E-state index contributed by atoms with van der Waals surface area (Å²) in [6, 6.07) is 0. The van der Waals surface area contributed by atoms with E-state index in [2.05, 4.69) is 24.6 Å². The van der Waals surface area contributed by atoms with E-state index in [1.807, 2.05) is 12.2 Å². The number of nitrogens with zero attached hydrogens (tertiary/aromatic N) is 1. The molecule has 0 heterocycles. The van der Waals surface area contributed by atoms with Crippen LogP contribution in [0.2, 0.25) is 0 Å². The average Bonchev–Trinajstić information content (AvgIpc) is 2.18. The van der Waals surface area contributed by atoms with Gasteiger partial charge in [0.05, 0.1) is 6.16 Å². The van der Waals surface area contributed by atoms with Crippen LogP contribution in [0.15, 0.2) is 38.0 Å². The van der Waals surface area contributed by atoms with E-state index < -0.39 is 6.57 Å². The normalized spacial score (nSPS) is 14.4. The Bertz CT molecular complexity index is 271. The summed E-state index contributed by atoms with van der Waals surface area (Å²) in [5, 5.41) is 0. The Morgan fingerprint density at radius 1 is 1.19 bits per heavy atom. The molecule has 0 rings (SSSR count). The summed E-state index contributed by atoms with van der Waals surface area (Å²) in [5.41, 5.74) is 0. The van der Waals surface area contributed by atoms with Crippen LogP contribution in [0, 0.1) is 0 Å². The maximum atomic E-state index is 11.5. The number of allylic oxidation sites excluding steroid dienone is 1. The zero-order valence-electron chi connectivity index (χ0n) is 9.55. The molecule has 0 fully saturated rings. The molecule has 0 radical (unpaired) electrons. The van der Waals surface area contributed by atoms with Crippen molar-refractivity contribution in [2.75, 3.05) is 31.5 Å². The molecule has 0 aromatic rings. The molecule has 1 N–H and O–H groups in total. The van der Waals surface area contributed by atoms with Gasteiger partial charge < -0.3 is 4.89 Å². The first kappa shape index (κ1) is 15.7. The van der Waals surface area contributed by atoms with Gasteiger partial charge in [-0.25, -0.2) is 0 Å². The smallest absolute Gasteiger partial charge is 0.258 e. The van der Waals surface area contributed by atoms with Crippen molar-refractivity contribution < 1.29 is 9.46 Å². The van der Waals surface area contributed by atoms with Crippen LogP contribution >= 0.6 is 18.0 Å². The van der Waals surface area contributed by atoms with Gasteiger partial charge in [0.15, 0.2) is 0 Å². The molecule has 0 aromatic heterocycles. The zero-order chi connectivity index (χ0) is 12.4. The maximum Gasteiger partial charge on any atom is 0.258 e. The lowest BCUT2D eigenvalue weighted by Crippen LogP contribution is -2.26.